The summed E-state index contributed by atoms with van der Waals surface area (Å²) < 4.78 is 11.5. The lowest BCUT2D eigenvalue weighted by Crippen LogP contribution is -2.37. The molecular formula is C14H22N2O2S. The summed E-state index contributed by atoms with van der Waals surface area (Å²) >= 11 is 1.67. The van der Waals surface area contributed by atoms with E-state index >= 15 is 0 Å². The van der Waals surface area contributed by atoms with E-state index < -0.39 is 0 Å². The molecule has 2 atom stereocenters. The quantitative estimate of drug-likeness (QED) is 0.802. The summed E-state index contributed by atoms with van der Waals surface area (Å²) in [5.74, 6) is 0. The van der Waals surface area contributed by atoms with Crippen LogP contribution in [0.25, 0.3) is 0 Å². The Morgan fingerprint density at radius 1 is 1.16 bits per heavy atom. The third-order valence-electron chi connectivity index (χ3n) is 3.84. The number of hydrogen-bond acceptors (Lipinski definition) is 5. The highest BCUT2D eigenvalue weighted by atomic mass is 32.1. The van der Waals surface area contributed by atoms with E-state index in [1.54, 1.807) is 11.3 Å². The number of rotatable bonds is 6. The van der Waals surface area contributed by atoms with E-state index in [9.17, 15) is 0 Å². The van der Waals surface area contributed by atoms with Crippen LogP contribution in [0.15, 0.2) is 10.9 Å². The van der Waals surface area contributed by atoms with Gasteiger partial charge in [0.15, 0.2) is 0 Å². The fraction of sp³-hybridized carbons (Fsp3) is 0.786. The first kappa shape index (κ1) is 13.5. The Bertz CT molecular complexity index is 342. The molecular weight excluding hydrogens is 260 g/mol. The minimum absolute atomic E-state index is 0.403. The summed E-state index contributed by atoms with van der Waals surface area (Å²) in [4.78, 5) is 6.86. The van der Waals surface area contributed by atoms with Crippen LogP contribution in [0.2, 0.25) is 0 Å². The molecule has 19 heavy (non-hydrogen) atoms. The average Bonchev–Trinajstić information content (AvgIpc) is 3.10. The number of nitrogens with zero attached hydrogens (tertiary/aromatic N) is 2. The molecule has 3 rings (SSSR count). The fourth-order valence-corrected chi connectivity index (χ4v) is 3.45. The zero-order valence-electron chi connectivity index (χ0n) is 11.3. The summed E-state index contributed by atoms with van der Waals surface area (Å²) in [6.45, 7) is 4.79. The van der Waals surface area contributed by atoms with Crippen LogP contribution in [0.5, 0.6) is 0 Å². The molecule has 0 aliphatic carbocycles. The maximum absolute atomic E-state index is 5.77. The maximum atomic E-state index is 5.77. The lowest BCUT2D eigenvalue weighted by molar-refractivity contribution is 0.0342. The Morgan fingerprint density at radius 2 is 1.84 bits per heavy atom. The highest BCUT2D eigenvalue weighted by Crippen LogP contribution is 2.18. The fourth-order valence-electron chi connectivity index (χ4n) is 2.90. The third kappa shape index (κ3) is 3.99. The van der Waals surface area contributed by atoms with Crippen molar-refractivity contribution in [3.8, 4) is 0 Å². The second kappa shape index (κ2) is 6.79. The molecule has 0 radical (unpaired) electrons. The normalized spacial score (nSPS) is 27.4. The Balaban J connectivity index is 1.56. The van der Waals surface area contributed by atoms with Gasteiger partial charge in [-0.1, -0.05) is 0 Å². The number of aromatic nitrogens is 1. The van der Waals surface area contributed by atoms with Crippen molar-refractivity contribution in [2.45, 2.75) is 44.4 Å². The molecule has 2 aliphatic rings. The van der Waals surface area contributed by atoms with Crippen LogP contribution in [-0.4, -0.2) is 48.4 Å². The summed E-state index contributed by atoms with van der Waals surface area (Å²) in [5.41, 5.74) is 3.08. The Labute approximate surface area is 118 Å². The zero-order chi connectivity index (χ0) is 12.9. The van der Waals surface area contributed by atoms with Gasteiger partial charge < -0.3 is 9.47 Å². The van der Waals surface area contributed by atoms with Crippen LogP contribution in [0.3, 0.4) is 0 Å². The van der Waals surface area contributed by atoms with Crippen molar-refractivity contribution in [3.05, 3.63) is 16.6 Å². The van der Waals surface area contributed by atoms with Gasteiger partial charge in [-0.15, -0.1) is 11.3 Å². The number of hydrogen-bond donors (Lipinski definition) is 0. The van der Waals surface area contributed by atoms with Gasteiger partial charge in [0.1, 0.15) is 0 Å². The van der Waals surface area contributed by atoms with E-state index in [4.69, 9.17) is 9.47 Å². The van der Waals surface area contributed by atoms with Crippen LogP contribution >= 0.6 is 11.3 Å². The van der Waals surface area contributed by atoms with Gasteiger partial charge in [-0.05, 0) is 25.7 Å². The molecule has 4 nitrogen and oxygen atoms in total. The molecule has 0 aromatic carbocycles. The average molecular weight is 282 g/mol. The summed E-state index contributed by atoms with van der Waals surface area (Å²) in [6, 6.07) is 0. The minimum atomic E-state index is 0.403. The molecule has 1 aromatic heterocycles. The third-order valence-corrected chi connectivity index (χ3v) is 4.48. The van der Waals surface area contributed by atoms with Crippen LogP contribution in [-0.2, 0) is 16.0 Å². The van der Waals surface area contributed by atoms with E-state index in [0.717, 1.165) is 32.8 Å². The molecule has 3 heterocycles. The summed E-state index contributed by atoms with van der Waals surface area (Å²) in [7, 11) is 0. The van der Waals surface area contributed by atoms with Gasteiger partial charge >= 0.3 is 0 Å². The second-order valence-electron chi connectivity index (χ2n) is 5.44. The molecule has 0 spiro atoms. The monoisotopic (exact) mass is 282 g/mol. The highest BCUT2D eigenvalue weighted by molar-refractivity contribution is 7.07. The highest BCUT2D eigenvalue weighted by Gasteiger charge is 2.24. The first-order chi connectivity index (χ1) is 9.40. The number of ether oxygens (including phenoxy) is 2. The second-order valence-corrected chi connectivity index (χ2v) is 6.16. The van der Waals surface area contributed by atoms with Gasteiger partial charge in [0.25, 0.3) is 0 Å². The standard InChI is InChI=1S/C14H22N2O2S/c1-3-13(17-5-1)8-16(7-12-10-19-11-15-12)9-14-4-2-6-18-14/h10-11,13-14H,1-9H2/t13-,14-/m0/s1. The van der Waals surface area contributed by atoms with Crippen molar-refractivity contribution in [2.75, 3.05) is 26.3 Å². The summed E-state index contributed by atoms with van der Waals surface area (Å²) in [5, 5.41) is 2.14. The first-order valence-electron chi connectivity index (χ1n) is 7.23. The Hall–Kier alpha value is -0.490. The van der Waals surface area contributed by atoms with Gasteiger partial charge in [0, 0.05) is 38.2 Å². The maximum Gasteiger partial charge on any atom is 0.0795 e. The van der Waals surface area contributed by atoms with Crippen LogP contribution in [0, 0.1) is 0 Å². The smallest absolute Gasteiger partial charge is 0.0795 e. The van der Waals surface area contributed by atoms with Crippen LogP contribution < -0.4 is 0 Å². The number of thiazole rings is 1. The molecule has 0 N–H and O–H groups in total. The lowest BCUT2D eigenvalue weighted by atomic mass is 10.2. The predicted octanol–water partition coefficient (Wildman–Crippen LogP) is 2.30. The van der Waals surface area contributed by atoms with E-state index in [2.05, 4.69) is 15.3 Å². The van der Waals surface area contributed by atoms with Crippen molar-refractivity contribution in [3.63, 3.8) is 0 Å². The van der Waals surface area contributed by atoms with Crippen molar-refractivity contribution < 1.29 is 9.47 Å². The largest absolute Gasteiger partial charge is 0.377 e. The van der Waals surface area contributed by atoms with Gasteiger partial charge in [-0.2, -0.15) is 0 Å². The molecule has 2 fully saturated rings. The van der Waals surface area contributed by atoms with E-state index in [1.165, 1.54) is 31.4 Å². The van der Waals surface area contributed by atoms with Crippen molar-refractivity contribution in [2.24, 2.45) is 0 Å². The molecule has 2 aliphatic heterocycles. The van der Waals surface area contributed by atoms with Crippen LogP contribution in [0.4, 0.5) is 0 Å². The topological polar surface area (TPSA) is 34.6 Å². The molecule has 0 saturated carbocycles. The zero-order valence-corrected chi connectivity index (χ0v) is 12.1. The molecule has 0 bridgehead atoms. The lowest BCUT2D eigenvalue weighted by Gasteiger charge is -2.26. The van der Waals surface area contributed by atoms with E-state index in [-0.39, 0.29) is 0 Å². The van der Waals surface area contributed by atoms with E-state index in [0.29, 0.717) is 12.2 Å². The molecule has 1 aromatic rings. The molecule has 0 amide bonds. The van der Waals surface area contributed by atoms with Gasteiger partial charge in [-0.25, -0.2) is 4.98 Å². The molecule has 106 valence electrons. The Morgan fingerprint density at radius 3 is 2.32 bits per heavy atom. The minimum Gasteiger partial charge on any atom is -0.377 e. The van der Waals surface area contributed by atoms with Gasteiger partial charge in [0.2, 0.25) is 0 Å². The molecule has 0 unspecified atom stereocenters. The first-order valence-corrected chi connectivity index (χ1v) is 8.17. The van der Waals surface area contributed by atoms with Crippen LogP contribution in [0.1, 0.15) is 31.4 Å². The molecule has 5 heteroatoms. The van der Waals surface area contributed by atoms with Crippen molar-refractivity contribution in [1.82, 2.24) is 9.88 Å². The molecule has 2 saturated heterocycles. The summed E-state index contributed by atoms with van der Waals surface area (Å²) in [6.07, 6.45) is 5.60. The SMILES string of the molecule is c1nc(CN(C[C@@H]2CCCO2)C[C@@H]2CCCO2)cs1. The Kier molecular flexibility index (Phi) is 4.82. The van der Waals surface area contributed by atoms with E-state index in [1.807, 2.05) is 5.51 Å². The van der Waals surface area contributed by atoms with Gasteiger partial charge in [0.05, 0.1) is 23.4 Å². The predicted molar refractivity (Wildman–Crippen MR) is 75.3 cm³/mol. The van der Waals surface area contributed by atoms with Gasteiger partial charge in [-0.3, -0.25) is 4.90 Å². The van der Waals surface area contributed by atoms with Crippen molar-refractivity contribution in [1.29, 1.82) is 0 Å². The van der Waals surface area contributed by atoms with Crippen molar-refractivity contribution >= 4 is 11.3 Å².